The van der Waals surface area contributed by atoms with Crippen molar-refractivity contribution in [3.05, 3.63) is 0 Å². The van der Waals surface area contributed by atoms with E-state index in [0.717, 1.165) is 25.7 Å². The highest BCUT2D eigenvalue weighted by atomic mass is 16.4. The second-order valence-electron chi connectivity index (χ2n) is 5.56. The molecule has 0 aromatic heterocycles. The van der Waals surface area contributed by atoms with Gasteiger partial charge >= 0.3 is 12.0 Å². The number of carbonyl (C=O) groups excluding carboxylic acids is 2. The number of hydrogen-bond acceptors (Lipinski definition) is 3. The third-order valence-electron chi connectivity index (χ3n) is 3.72. The Morgan fingerprint density at radius 2 is 1.67 bits per heavy atom. The second-order valence-corrected chi connectivity index (χ2v) is 5.56. The molecule has 0 aliphatic heterocycles. The van der Waals surface area contributed by atoms with Gasteiger partial charge in [0.05, 0.1) is 0 Å². The van der Waals surface area contributed by atoms with Gasteiger partial charge in [0.15, 0.2) is 0 Å². The van der Waals surface area contributed by atoms with E-state index in [1.807, 2.05) is 0 Å². The molecule has 1 atom stereocenters. The maximum atomic E-state index is 11.9. The van der Waals surface area contributed by atoms with Crippen molar-refractivity contribution in [2.24, 2.45) is 5.73 Å². The molecule has 0 spiro atoms. The van der Waals surface area contributed by atoms with Crippen molar-refractivity contribution in [3.63, 3.8) is 0 Å². The zero-order valence-electron chi connectivity index (χ0n) is 12.3. The first-order valence-electron chi connectivity index (χ1n) is 7.57. The minimum absolute atomic E-state index is 0.00273. The number of urea groups is 1. The third-order valence-corrected chi connectivity index (χ3v) is 3.72. The van der Waals surface area contributed by atoms with Crippen LogP contribution in [0.2, 0.25) is 0 Å². The van der Waals surface area contributed by atoms with E-state index in [4.69, 9.17) is 10.8 Å². The molecule has 7 nitrogen and oxygen atoms in total. The Kier molecular flexibility index (Phi) is 7.56. The molecule has 1 fully saturated rings. The van der Waals surface area contributed by atoms with Crippen molar-refractivity contribution >= 4 is 17.9 Å². The molecule has 0 radical (unpaired) electrons. The van der Waals surface area contributed by atoms with Crippen molar-refractivity contribution in [1.29, 1.82) is 0 Å². The molecule has 0 saturated heterocycles. The van der Waals surface area contributed by atoms with E-state index < -0.39 is 23.9 Å². The molecule has 0 unspecified atom stereocenters. The maximum Gasteiger partial charge on any atom is 0.326 e. The summed E-state index contributed by atoms with van der Waals surface area (Å²) < 4.78 is 0. The quantitative estimate of drug-likeness (QED) is 0.587. The Morgan fingerprint density at radius 1 is 1.10 bits per heavy atom. The monoisotopic (exact) mass is 299 g/mol. The van der Waals surface area contributed by atoms with Gasteiger partial charge in [-0.1, -0.05) is 32.1 Å². The highest BCUT2D eigenvalue weighted by molar-refractivity contribution is 5.83. The zero-order valence-corrected chi connectivity index (χ0v) is 12.3. The van der Waals surface area contributed by atoms with Crippen LogP contribution in [-0.4, -0.2) is 35.1 Å². The number of nitrogens with two attached hydrogens (primary N) is 1. The lowest BCUT2D eigenvalue weighted by molar-refractivity contribution is -0.139. The largest absolute Gasteiger partial charge is 0.480 e. The number of carboxylic acids is 1. The van der Waals surface area contributed by atoms with Crippen molar-refractivity contribution < 1.29 is 19.5 Å². The van der Waals surface area contributed by atoms with Gasteiger partial charge in [-0.2, -0.15) is 0 Å². The highest BCUT2D eigenvalue weighted by Gasteiger charge is 2.22. The normalized spacial score (nSPS) is 18.1. The van der Waals surface area contributed by atoms with Crippen LogP contribution in [0.3, 0.4) is 0 Å². The van der Waals surface area contributed by atoms with Crippen LogP contribution in [-0.2, 0) is 9.59 Å². The summed E-state index contributed by atoms with van der Waals surface area (Å²) >= 11 is 0. The summed E-state index contributed by atoms with van der Waals surface area (Å²) in [5, 5.41) is 14.3. The molecule has 1 saturated carbocycles. The third kappa shape index (κ3) is 7.53. The second kappa shape index (κ2) is 9.20. The number of amides is 3. The number of carboxylic acid groups (broad SMARTS) is 1. The predicted molar refractivity (Wildman–Crippen MR) is 77.6 cm³/mol. The van der Waals surface area contributed by atoms with E-state index in [1.165, 1.54) is 19.3 Å². The number of nitrogens with one attached hydrogen (secondary N) is 2. The van der Waals surface area contributed by atoms with E-state index in [0.29, 0.717) is 0 Å². The number of aliphatic carboxylic acids is 1. The zero-order chi connectivity index (χ0) is 15.7. The van der Waals surface area contributed by atoms with E-state index in [2.05, 4.69) is 10.6 Å². The lowest BCUT2D eigenvalue weighted by Crippen LogP contribution is -2.49. The first-order chi connectivity index (χ1) is 9.99. The summed E-state index contributed by atoms with van der Waals surface area (Å²) in [6.45, 7) is 0. The van der Waals surface area contributed by atoms with E-state index in [9.17, 15) is 14.4 Å². The average molecular weight is 299 g/mol. The fourth-order valence-electron chi connectivity index (χ4n) is 2.53. The Balaban J connectivity index is 2.40. The average Bonchev–Trinajstić information content (AvgIpc) is 2.37. The molecule has 120 valence electrons. The number of rotatable bonds is 6. The van der Waals surface area contributed by atoms with Gasteiger partial charge < -0.3 is 21.5 Å². The summed E-state index contributed by atoms with van der Waals surface area (Å²) in [5.41, 5.74) is 4.99. The van der Waals surface area contributed by atoms with Crippen LogP contribution in [0.25, 0.3) is 0 Å². The van der Waals surface area contributed by atoms with Gasteiger partial charge in [-0.15, -0.1) is 0 Å². The molecular formula is C14H25N3O4. The van der Waals surface area contributed by atoms with Crippen LogP contribution in [0.1, 0.15) is 57.8 Å². The molecule has 1 aliphatic carbocycles. The summed E-state index contributed by atoms with van der Waals surface area (Å²) in [4.78, 5) is 33.6. The number of carbonyl (C=O) groups is 3. The fraction of sp³-hybridized carbons (Fsp3) is 0.786. The molecule has 0 heterocycles. The standard InChI is InChI=1S/C14H25N3O4/c15-12(18)9-8-11(13(19)20)17-14(21)16-10-6-4-2-1-3-5-7-10/h10-11H,1-9H2,(H2,15,18)(H,19,20)(H2,16,17,21)/t11-/m0/s1. The Labute approximate surface area is 124 Å². The van der Waals surface area contributed by atoms with Crippen LogP contribution in [0.5, 0.6) is 0 Å². The Bertz CT molecular complexity index is 365. The SMILES string of the molecule is NC(=O)CC[C@H](NC(=O)NC1CCCCCCC1)C(=O)O. The topological polar surface area (TPSA) is 122 Å². The smallest absolute Gasteiger partial charge is 0.326 e. The van der Waals surface area contributed by atoms with Crippen molar-refractivity contribution in [3.8, 4) is 0 Å². The lowest BCUT2D eigenvalue weighted by atomic mass is 9.97. The van der Waals surface area contributed by atoms with Gasteiger partial charge in [0, 0.05) is 12.5 Å². The fourth-order valence-corrected chi connectivity index (χ4v) is 2.53. The van der Waals surface area contributed by atoms with Gasteiger partial charge in [0.2, 0.25) is 5.91 Å². The summed E-state index contributed by atoms with van der Waals surface area (Å²) in [6.07, 6.45) is 7.53. The van der Waals surface area contributed by atoms with Gasteiger partial charge in [0.25, 0.3) is 0 Å². The predicted octanol–water partition coefficient (Wildman–Crippen LogP) is 1.12. The van der Waals surface area contributed by atoms with E-state index in [-0.39, 0.29) is 18.9 Å². The highest BCUT2D eigenvalue weighted by Crippen LogP contribution is 2.17. The molecule has 1 rings (SSSR count). The first kappa shape index (κ1) is 17.3. The van der Waals surface area contributed by atoms with E-state index >= 15 is 0 Å². The van der Waals surface area contributed by atoms with Crippen LogP contribution >= 0.6 is 0 Å². The molecule has 0 aromatic rings. The first-order valence-corrected chi connectivity index (χ1v) is 7.57. The maximum absolute atomic E-state index is 11.9. The van der Waals surface area contributed by atoms with Crippen LogP contribution in [0, 0.1) is 0 Å². The van der Waals surface area contributed by atoms with Crippen LogP contribution in [0.4, 0.5) is 4.79 Å². The summed E-state index contributed by atoms with van der Waals surface area (Å²) in [5.74, 6) is -1.74. The summed E-state index contributed by atoms with van der Waals surface area (Å²) in [6, 6.07) is -1.49. The Morgan fingerprint density at radius 3 is 2.19 bits per heavy atom. The minimum Gasteiger partial charge on any atom is -0.480 e. The lowest BCUT2D eigenvalue weighted by Gasteiger charge is -2.22. The van der Waals surface area contributed by atoms with Crippen LogP contribution < -0.4 is 16.4 Å². The summed E-state index contributed by atoms with van der Waals surface area (Å²) in [7, 11) is 0. The van der Waals surface area contributed by atoms with Gasteiger partial charge in [0.1, 0.15) is 6.04 Å². The molecule has 5 N–H and O–H groups in total. The molecule has 1 aliphatic rings. The molecular weight excluding hydrogens is 274 g/mol. The molecule has 3 amide bonds. The minimum atomic E-state index is -1.16. The van der Waals surface area contributed by atoms with Crippen molar-refractivity contribution in [2.45, 2.75) is 69.9 Å². The van der Waals surface area contributed by atoms with Crippen LogP contribution in [0.15, 0.2) is 0 Å². The van der Waals surface area contributed by atoms with Crippen molar-refractivity contribution in [2.75, 3.05) is 0 Å². The van der Waals surface area contributed by atoms with Gasteiger partial charge in [-0.25, -0.2) is 9.59 Å². The molecule has 0 aromatic carbocycles. The number of hydrogen-bond donors (Lipinski definition) is 4. The molecule has 21 heavy (non-hydrogen) atoms. The van der Waals surface area contributed by atoms with E-state index in [1.54, 1.807) is 0 Å². The Hall–Kier alpha value is -1.79. The molecule has 7 heteroatoms. The molecule has 0 bridgehead atoms. The van der Waals surface area contributed by atoms with Crippen molar-refractivity contribution in [1.82, 2.24) is 10.6 Å². The van der Waals surface area contributed by atoms with Gasteiger partial charge in [-0.3, -0.25) is 4.79 Å². The van der Waals surface area contributed by atoms with Gasteiger partial charge in [-0.05, 0) is 19.3 Å². The number of primary amides is 1.